The second kappa shape index (κ2) is 8.04. The molecule has 2 aromatic rings. The van der Waals surface area contributed by atoms with E-state index in [0.717, 1.165) is 54.5 Å². The number of hydrogen-bond donors (Lipinski definition) is 1. The average Bonchev–Trinajstić information content (AvgIpc) is 3.21. The Morgan fingerprint density at radius 2 is 1.85 bits per heavy atom. The van der Waals surface area contributed by atoms with E-state index in [1.165, 1.54) is 5.56 Å². The Morgan fingerprint density at radius 3 is 2.47 bits per heavy atom. The van der Waals surface area contributed by atoms with Crippen molar-refractivity contribution in [3.8, 4) is 17.2 Å². The maximum atomic E-state index is 9.38. The van der Waals surface area contributed by atoms with Gasteiger partial charge >= 0.3 is 0 Å². The molecule has 1 unspecified atom stereocenters. The lowest BCUT2D eigenvalue weighted by Crippen LogP contribution is -2.46. The SMILES string of the molecule is [B]C([B])([B])OC1CCC2(CC1)Cc1ccc(-c3cc(Cl)cc(C#N)c3)cc1C21N=C(C)C(N)=N1. The zero-order valence-electron chi connectivity index (χ0n) is 19.0. The number of nitrogens with zero attached hydrogens (tertiary/aromatic N) is 3. The number of aliphatic imine (C=N–C) groups is 2. The van der Waals surface area contributed by atoms with Crippen LogP contribution < -0.4 is 5.73 Å². The fourth-order valence-corrected chi connectivity index (χ4v) is 6.08. The molecule has 2 aromatic carbocycles. The Labute approximate surface area is 209 Å². The van der Waals surface area contributed by atoms with Gasteiger partial charge in [0.2, 0.25) is 0 Å². The van der Waals surface area contributed by atoms with Crippen LogP contribution in [-0.4, -0.2) is 46.5 Å². The van der Waals surface area contributed by atoms with Gasteiger partial charge in [0.15, 0.2) is 5.66 Å². The average molecular weight is 462 g/mol. The minimum atomic E-state index is -1.65. The first-order valence-corrected chi connectivity index (χ1v) is 11.7. The van der Waals surface area contributed by atoms with Crippen molar-refractivity contribution in [1.82, 2.24) is 0 Å². The molecule has 5 nitrogen and oxygen atoms in total. The highest BCUT2D eigenvalue weighted by Gasteiger charge is 2.60. The molecule has 164 valence electrons. The summed E-state index contributed by atoms with van der Waals surface area (Å²) in [5, 5.41) is 8.25. The third kappa shape index (κ3) is 3.80. The molecule has 5 rings (SSSR count). The molecule has 9 heteroatoms. The van der Waals surface area contributed by atoms with Gasteiger partial charge in [-0.3, -0.25) is 4.99 Å². The number of ether oxygens (including phenoxy) is 1. The maximum Gasteiger partial charge on any atom is 0.184 e. The van der Waals surface area contributed by atoms with Gasteiger partial charge in [0.1, 0.15) is 5.84 Å². The fraction of sp³-hybridized carbons (Fsp3) is 0.400. The van der Waals surface area contributed by atoms with Gasteiger partial charge in [-0.05, 0) is 85.3 Å². The summed E-state index contributed by atoms with van der Waals surface area (Å²) >= 11 is 6.28. The summed E-state index contributed by atoms with van der Waals surface area (Å²) in [6.45, 7) is 1.90. The van der Waals surface area contributed by atoms with Gasteiger partial charge in [0.05, 0.1) is 47.0 Å². The lowest BCUT2D eigenvalue weighted by atomic mass is 9.52. The molecule has 1 heterocycles. The van der Waals surface area contributed by atoms with Crippen molar-refractivity contribution in [2.24, 2.45) is 21.1 Å². The van der Waals surface area contributed by atoms with Crippen molar-refractivity contribution < 1.29 is 4.74 Å². The quantitative estimate of drug-likeness (QED) is 0.709. The normalized spacial score (nSPS) is 28.0. The van der Waals surface area contributed by atoms with E-state index < -0.39 is 11.0 Å². The van der Waals surface area contributed by atoms with Crippen LogP contribution in [0.25, 0.3) is 11.1 Å². The number of rotatable bonds is 3. The zero-order valence-corrected chi connectivity index (χ0v) is 19.8. The van der Waals surface area contributed by atoms with E-state index in [-0.39, 0.29) is 11.5 Å². The monoisotopic (exact) mass is 462 g/mol. The smallest absolute Gasteiger partial charge is 0.184 e. The van der Waals surface area contributed by atoms with Crippen LogP contribution in [0.4, 0.5) is 0 Å². The largest absolute Gasteiger partial charge is 0.400 e. The van der Waals surface area contributed by atoms with Crippen LogP contribution in [-0.2, 0) is 16.8 Å². The number of nitriles is 1. The fourth-order valence-electron chi connectivity index (χ4n) is 5.84. The topological polar surface area (TPSA) is 83.8 Å². The number of hydrogen-bond acceptors (Lipinski definition) is 5. The lowest BCUT2D eigenvalue weighted by molar-refractivity contribution is -0.0271. The highest BCUT2D eigenvalue weighted by Crippen LogP contribution is 2.62. The second-order valence-electron chi connectivity index (χ2n) is 9.71. The van der Waals surface area contributed by atoms with Gasteiger partial charge in [-0.1, -0.05) is 23.7 Å². The molecule has 1 fully saturated rings. The molecule has 1 aliphatic heterocycles. The molecule has 6 radical (unpaired) electrons. The summed E-state index contributed by atoms with van der Waals surface area (Å²) in [6.07, 6.45) is 3.85. The molecular formula is C25H22B3ClN4O. The van der Waals surface area contributed by atoms with Crippen LogP contribution in [0, 0.1) is 16.7 Å². The first kappa shape index (κ1) is 23.3. The Bertz CT molecular complexity index is 1250. The predicted molar refractivity (Wildman–Crippen MR) is 137 cm³/mol. The van der Waals surface area contributed by atoms with E-state index in [1.807, 2.05) is 19.1 Å². The predicted octanol–water partition coefficient (Wildman–Crippen LogP) is 3.48. The highest BCUT2D eigenvalue weighted by molar-refractivity contribution is 6.58. The Balaban J connectivity index is 1.57. The van der Waals surface area contributed by atoms with Gasteiger partial charge in [-0.2, -0.15) is 5.26 Å². The number of benzene rings is 2. The van der Waals surface area contributed by atoms with Crippen molar-refractivity contribution in [1.29, 1.82) is 5.26 Å². The van der Waals surface area contributed by atoms with Crippen molar-refractivity contribution in [3.05, 3.63) is 58.1 Å². The Morgan fingerprint density at radius 1 is 1.12 bits per heavy atom. The minimum absolute atomic E-state index is 0.120. The van der Waals surface area contributed by atoms with Crippen molar-refractivity contribution >= 4 is 46.7 Å². The van der Waals surface area contributed by atoms with Gasteiger partial charge in [-0.15, -0.1) is 0 Å². The standard InChI is InChI=1S/C25H22B3ClN4O/c1-14-22(31)33-24(32-14)21-11-16(18-8-15(13-30)9-19(29)10-18)2-3-17(21)12-23(24)6-4-20(5-7-23)34-25(26,27)28/h2-3,8-11,20H,4-7,12H2,1H3,(H2,31,33). The molecule has 0 saturated heterocycles. The van der Waals surface area contributed by atoms with Crippen molar-refractivity contribution in [2.75, 3.05) is 0 Å². The van der Waals surface area contributed by atoms with Gasteiger partial charge in [0, 0.05) is 16.0 Å². The first-order chi connectivity index (χ1) is 16.0. The Kier molecular flexibility index (Phi) is 5.50. The number of nitrogens with two attached hydrogens (primary N) is 1. The van der Waals surface area contributed by atoms with E-state index in [0.29, 0.717) is 16.4 Å². The Hall–Kier alpha value is -2.49. The van der Waals surface area contributed by atoms with Gasteiger partial charge < -0.3 is 10.5 Å². The number of amidine groups is 1. The summed E-state index contributed by atoms with van der Waals surface area (Å²) in [7, 11) is 17.0. The summed E-state index contributed by atoms with van der Waals surface area (Å²) < 4.78 is 5.66. The van der Waals surface area contributed by atoms with Crippen LogP contribution in [0.15, 0.2) is 46.4 Å². The molecule has 3 aliphatic rings. The lowest BCUT2D eigenvalue weighted by Gasteiger charge is -2.46. The molecule has 2 aliphatic carbocycles. The van der Waals surface area contributed by atoms with E-state index in [4.69, 9.17) is 55.6 Å². The summed E-state index contributed by atoms with van der Waals surface area (Å²) in [6, 6.07) is 13.9. The zero-order chi connectivity index (χ0) is 24.3. The molecule has 0 aromatic heterocycles. The van der Waals surface area contributed by atoms with Gasteiger partial charge in [-0.25, -0.2) is 4.99 Å². The van der Waals surface area contributed by atoms with Crippen molar-refractivity contribution in [2.45, 2.75) is 56.1 Å². The number of halogens is 1. The molecule has 0 bridgehead atoms. The van der Waals surface area contributed by atoms with E-state index >= 15 is 0 Å². The minimum Gasteiger partial charge on any atom is -0.400 e. The van der Waals surface area contributed by atoms with E-state index in [2.05, 4.69) is 24.3 Å². The summed E-state index contributed by atoms with van der Waals surface area (Å²) in [5.74, 6) is 0.468. The molecule has 1 saturated carbocycles. The van der Waals surface area contributed by atoms with Crippen molar-refractivity contribution in [3.63, 3.8) is 0 Å². The summed E-state index contributed by atoms with van der Waals surface area (Å²) in [5.41, 5.74) is 10.6. The van der Waals surface area contributed by atoms with E-state index in [9.17, 15) is 5.26 Å². The molecule has 2 N–H and O–H groups in total. The third-order valence-corrected chi connectivity index (χ3v) is 7.58. The molecule has 1 atom stereocenters. The van der Waals surface area contributed by atoms with Crippen LogP contribution in [0.5, 0.6) is 0 Å². The second-order valence-corrected chi connectivity index (χ2v) is 10.1. The highest BCUT2D eigenvalue weighted by atomic mass is 35.5. The van der Waals surface area contributed by atoms with Crippen LogP contribution >= 0.6 is 11.6 Å². The van der Waals surface area contributed by atoms with Crippen LogP contribution in [0.3, 0.4) is 0 Å². The van der Waals surface area contributed by atoms with Crippen LogP contribution in [0.1, 0.15) is 49.3 Å². The summed E-state index contributed by atoms with van der Waals surface area (Å²) in [4.78, 5) is 10.1. The molecule has 2 spiro atoms. The van der Waals surface area contributed by atoms with E-state index in [1.54, 1.807) is 6.07 Å². The van der Waals surface area contributed by atoms with Crippen LogP contribution in [0.2, 0.25) is 5.02 Å². The maximum absolute atomic E-state index is 9.38. The third-order valence-electron chi connectivity index (χ3n) is 7.36. The molecular weight excluding hydrogens is 440 g/mol. The van der Waals surface area contributed by atoms with Gasteiger partial charge in [0.25, 0.3) is 0 Å². The number of fused-ring (bicyclic) bond motifs is 3. The first-order valence-electron chi connectivity index (χ1n) is 11.4. The molecule has 34 heavy (non-hydrogen) atoms. The molecule has 0 amide bonds.